The van der Waals surface area contributed by atoms with Crippen LogP contribution in [0.5, 0.6) is 0 Å². The molecule has 0 saturated carbocycles. The second-order valence-corrected chi connectivity index (χ2v) is 9.27. The molecule has 1 aromatic carbocycles. The fraction of sp³-hybridized carbons (Fsp3) is 0.625. The summed E-state index contributed by atoms with van der Waals surface area (Å²) in [6.07, 6.45) is 4.30. The topological polar surface area (TPSA) is 75.3 Å². The largest absolute Gasteiger partial charge is 0.309 e. The lowest BCUT2D eigenvalue weighted by Gasteiger charge is -2.36. The summed E-state index contributed by atoms with van der Waals surface area (Å²) in [4.78, 5) is 37.1. The van der Waals surface area contributed by atoms with E-state index in [1.807, 2.05) is 6.92 Å². The fourth-order valence-electron chi connectivity index (χ4n) is 4.38. The zero-order valence-electron chi connectivity index (χ0n) is 18.1. The zero-order valence-corrected chi connectivity index (χ0v) is 18.1. The van der Waals surface area contributed by atoms with Crippen molar-refractivity contribution >= 4 is 17.3 Å². The molecule has 4 atom stereocenters. The highest BCUT2D eigenvalue weighted by molar-refractivity contribution is 6.45. The number of benzene rings is 1. The van der Waals surface area contributed by atoms with Gasteiger partial charge in [-0.15, -0.1) is 0 Å². The molecule has 0 bridgehead atoms. The minimum Gasteiger partial charge on any atom is -0.309 e. The maximum Gasteiger partial charge on any atom is 0.223 e. The summed E-state index contributed by atoms with van der Waals surface area (Å²) in [5, 5.41) is 6.68. The summed E-state index contributed by atoms with van der Waals surface area (Å²) >= 11 is 0. The van der Waals surface area contributed by atoms with Crippen LogP contribution in [0.4, 0.5) is 0 Å². The molecule has 158 valence electrons. The number of carbonyl (C=O) groups is 3. The summed E-state index contributed by atoms with van der Waals surface area (Å²) in [7, 11) is 0. The zero-order chi connectivity index (χ0) is 21.2. The Morgan fingerprint density at radius 1 is 1.24 bits per heavy atom. The molecule has 2 heterocycles. The van der Waals surface area contributed by atoms with Crippen LogP contribution in [0.15, 0.2) is 24.3 Å². The first-order valence-electron chi connectivity index (χ1n) is 11.0. The number of nitrogens with one attached hydrogen (secondary N) is 2. The van der Waals surface area contributed by atoms with Crippen LogP contribution in [0.2, 0.25) is 0 Å². The van der Waals surface area contributed by atoms with E-state index in [2.05, 4.69) is 41.8 Å². The van der Waals surface area contributed by atoms with Crippen molar-refractivity contribution in [2.24, 2.45) is 11.3 Å². The molecule has 1 saturated heterocycles. The number of Topliss-reactive ketones (excluding diaryl/α,β-unsaturated/α-hetero) is 3. The maximum absolute atomic E-state index is 12.4. The van der Waals surface area contributed by atoms with Crippen molar-refractivity contribution in [1.29, 1.82) is 0 Å². The van der Waals surface area contributed by atoms with E-state index in [1.165, 1.54) is 11.1 Å². The van der Waals surface area contributed by atoms with Gasteiger partial charge >= 0.3 is 0 Å². The Labute approximate surface area is 174 Å². The molecule has 2 aliphatic heterocycles. The lowest BCUT2D eigenvalue weighted by Crippen LogP contribution is -2.67. The molecule has 2 aliphatic rings. The quantitative estimate of drug-likeness (QED) is 0.494. The predicted octanol–water partition coefficient (Wildman–Crippen LogP) is 3.16. The van der Waals surface area contributed by atoms with Crippen molar-refractivity contribution in [2.45, 2.75) is 77.9 Å². The SMILES string of the molecule is CCC(C)(C)C(=O)C(=O)C1NC(CCCC(C)C2NCCc3ccccc32)C1=O. The highest BCUT2D eigenvalue weighted by atomic mass is 16.2. The van der Waals surface area contributed by atoms with Crippen LogP contribution in [0.25, 0.3) is 0 Å². The lowest BCUT2D eigenvalue weighted by molar-refractivity contribution is -0.148. The van der Waals surface area contributed by atoms with Gasteiger partial charge in [0, 0.05) is 11.5 Å². The smallest absolute Gasteiger partial charge is 0.223 e. The van der Waals surface area contributed by atoms with Crippen LogP contribution < -0.4 is 10.6 Å². The molecular weight excluding hydrogens is 364 g/mol. The van der Waals surface area contributed by atoms with Gasteiger partial charge in [0.2, 0.25) is 11.6 Å². The average molecular weight is 399 g/mol. The van der Waals surface area contributed by atoms with Gasteiger partial charge in [0.05, 0.1) is 6.04 Å². The van der Waals surface area contributed by atoms with Crippen molar-refractivity contribution in [1.82, 2.24) is 10.6 Å². The number of hydrogen-bond acceptors (Lipinski definition) is 5. The van der Waals surface area contributed by atoms with Crippen molar-refractivity contribution in [2.75, 3.05) is 6.54 Å². The van der Waals surface area contributed by atoms with Gasteiger partial charge in [-0.05, 0) is 49.3 Å². The molecule has 5 heteroatoms. The molecule has 29 heavy (non-hydrogen) atoms. The van der Waals surface area contributed by atoms with Crippen LogP contribution >= 0.6 is 0 Å². The summed E-state index contributed by atoms with van der Waals surface area (Å²) < 4.78 is 0. The number of hydrogen-bond donors (Lipinski definition) is 2. The van der Waals surface area contributed by atoms with Gasteiger partial charge in [0.25, 0.3) is 0 Å². The minimum absolute atomic E-state index is 0.121. The molecule has 2 N–H and O–H groups in total. The van der Waals surface area contributed by atoms with Gasteiger partial charge in [-0.25, -0.2) is 0 Å². The third-order valence-electron chi connectivity index (χ3n) is 6.85. The average Bonchev–Trinajstić information content (AvgIpc) is 2.73. The molecule has 5 nitrogen and oxygen atoms in total. The van der Waals surface area contributed by atoms with E-state index in [4.69, 9.17) is 0 Å². The first-order valence-corrected chi connectivity index (χ1v) is 11.0. The van der Waals surface area contributed by atoms with Crippen molar-refractivity contribution in [3.8, 4) is 0 Å². The Balaban J connectivity index is 1.46. The van der Waals surface area contributed by atoms with E-state index in [1.54, 1.807) is 13.8 Å². The lowest BCUT2D eigenvalue weighted by atomic mass is 9.78. The van der Waals surface area contributed by atoms with E-state index < -0.39 is 23.0 Å². The van der Waals surface area contributed by atoms with Crippen LogP contribution in [-0.4, -0.2) is 36.0 Å². The van der Waals surface area contributed by atoms with Gasteiger partial charge in [-0.2, -0.15) is 0 Å². The summed E-state index contributed by atoms with van der Waals surface area (Å²) in [5.41, 5.74) is 2.12. The second kappa shape index (κ2) is 8.88. The molecule has 0 radical (unpaired) electrons. The van der Waals surface area contributed by atoms with E-state index in [0.29, 0.717) is 24.8 Å². The monoisotopic (exact) mass is 398 g/mol. The Bertz CT molecular complexity index is 786. The number of ketones is 3. The van der Waals surface area contributed by atoms with Crippen molar-refractivity contribution in [3.05, 3.63) is 35.4 Å². The molecular formula is C24H34N2O3. The standard InChI is InChI=1S/C24H34N2O3/c1-5-24(3,4)23(29)22(28)20-21(27)18(26-20)12-8-9-15(2)19-17-11-7-6-10-16(17)13-14-25-19/h6-7,10-11,15,18-20,25-26H,5,8-9,12-14H2,1-4H3. The number of rotatable bonds is 9. The second-order valence-electron chi connectivity index (χ2n) is 9.27. The molecule has 0 spiro atoms. The van der Waals surface area contributed by atoms with Gasteiger partial charge in [0.15, 0.2) is 5.78 Å². The van der Waals surface area contributed by atoms with Gasteiger partial charge in [0.1, 0.15) is 6.04 Å². The van der Waals surface area contributed by atoms with E-state index in [9.17, 15) is 14.4 Å². The molecule has 3 rings (SSSR count). The molecule has 1 aromatic rings. The highest BCUT2D eigenvalue weighted by Gasteiger charge is 2.47. The van der Waals surface area contributed by atoms with Gasteiger partial charge in [-0.1, -0.05) is 58.4 Å². The molecule has 0 aromatic heterocycles. The maximum atomic E-state index is 12.4. The van der Waals surface area contributed by atoms with Crippen LogP contribution in [-0.2, 0) is 20.8 Å². The molecule has 0 amide bonds. The van der Waals surface area contributed by atoms with E-state index >= 15 is 0 Å². The van der Waals surface area contributed by atoms with Crippen LogP contribution in [0.1, 0.15) is 70.5 Å². The van der Waals surface area contributed by atoms with Crippen molar-refractivity contribution < 1.29 is 14.4 Å². The third-order valence-corrected chi connectivity index (χ3v) is 6.85. The highest BCUT2D eigenvalue weighted by Crippen LogP contribution is 2.32. The van der Waals surface area contributed by atoms with Crippen LogP contribution in [0, 0.1) is 11.3 Å². The molecule has 1 fully saturated rings. The first-order chi connectivity index (χ1) is 13.8. The van der Waals surface area contributed by atoms with Gasteiger partial charge < -0.3 is 5.32 Å². The van der Waals surface area contributed by atoms with E-state index in [0.717, 1.165) is 25.8 Å². The number of fused-ring (bicyclic) bond motifs is 1. The Hall–Kier alpha value is -1.85. The Kier molecular flexibility index (Phi) is 6.69. The minimum atomic E-state index is -0.928. The van der Waals surface area contributed by atoms with Gasteiger partial charge in [-0.3, -0.25) is 19.7 Å². The van der Waals surface area contributed by atoms with Crippen molar-refractivity contribution in [3.63, 3.8) is 0 Å². The fourth-order valence-corrected chi connectivity index (χ4v) is 4.38. The van der Waals surface area contributed by atoms with Crippen LogP contribution in [0.3, 0.4) is 0 Å². The first kappa shape index (κ1) is 21.8. The molecule has 0 aliphatic carbocycles. The third kappa shape index (κ3) is 4.51. The normalized spacial score (nSPS) is 25.1. The molecule has 4 unspecified atom stereocenters. The Morgan fingerprint density at radius 3 is 2.66 bits per heavy atom. The summed E-state index contributed by atoms with van der Waals surface area (Å²) in [6.45, 7) is 8.65. The summed E-state index contributed by atoms with van der Waals surface area (Å²) in [5.74, 6) is -0.672. The number of carbonyl (C=O) groups excluding carboxylic acids is 3. The Morgan fingerprint density at radius 2 is 1.97 bits per heavy atom. The predicted molar refractivity (Wildman–Crippen MR) is 114 cm³/mol. The van der Waals surface area contributed by atoms with E-state index in [-0.39, 0.29) is 11.8 Å². The summed E-state index contributed by atoms with van der Waals surface area (Å²) in [6, 6.07) is 7.76.